The van der Waals surface area contributed by atoms with Gasteiger partial charge in [-0.3, -0.25) is 9.89 Å². The lowest BCUT2D eigenvalue weighted by atomic mass is 9.99. The zero-order valence-electron chi connectivity index (χ0n) is 14.6. The molecule has 26 heavy (non-hydrogen) atoms. The van der Waals surface area contributed by atoms with Crippen LogP contribution >= 0.6 is 11.3 Å². The van der Waals surface area contributed by atoms with E-state index < -0.39 is 0 Å². The summed E-state index contributed by atoms with van der Waals surface area (Å²) in [4.78, 5) is 17.3. The fraction of sp³-hybridized carbons (Fsp3) is 0.316. The van der Waals surface area contributed by atoms with Crippen molar-refractivity contribution in [3.63, 3.8) is 0 Å². The van der Waals surface area contributed by atoms with Gasteiger partial charge in [-0.2, -0.15) is 5.10 Å². The molecule has 6 nitrogen and oxygen atoms in total. The second kappa shape index (κ2) is 7.39. The number of benzene rings is 1. The van der Waals surface area contributed by atoms with Gasteiger partial charge in [0.25, 0.3) is 5.91 Å². The fourth-order valence-corrected chi connectivity index (χ4v) is 4.28. The number of carbonyl (C=O) groups excluding carboxylic acids is 1. The van der Waals surface area contributed by atoms with Crippen molar-refractivity contribution in [3.05, 3.63) is 52.1 Å². The van der Waals surface area contributed by atoms with E-state index in [0.29, 0.717) is 17.4 Å². The first-order valence-corrected chi connectivity index (χ1v) is 9.68. The number of nitrogens with zero attached hydrogens (tertiary/aromatic N) is 2. The quantitative estimate of drug-likeness (QED) is 0.658. The summed E-state index contributed by atoms with van der Waals surface area (Å²) in [6.07, 6.45) is 2.15. The van der Waals surface area contributed by atoms with Gasteiger partial charge in [-0.05, 0) is 38.4 Å². The Morgan fingerprint density at radius 2 is 2.00 bits per heavy atom. The van der Waals surface area contributed by atoms with Crippen molar-refractivity contribution in [1.82, 2.24) is 20.5 Å². The molecule has 0 radical (unpaired) electrons. The van der Waals surface area contributed by atoms with Gasteiger partial charge in [0.15, 0.2) is 0 Å². The van der Waals surface area contributed by atoms with Crippen LogP contribution in [0.2, 0.25) is 0 Å². The first-order valence-electron chi connectivity index (χ1n) is 8.80. The van der Waals surface area contributed by atoms with E-state index in [-0.39, 0.29) is 5.91 Å². The zero-order chi connectivity index (χ0) is 17.9. The lowest BCUT2D eigenvalue weighted by molar-refractivity contribution is 0.102. The molecule has 4 rings (SSSR count). The molecule has 0 unspecified atom stereocenters. The van der Waals surface area contributed by atoms with Crippen LogP contribution in [0.15, 0.2) is 35.7 Å². The van der Waals surface area contributed by atoms with Gasteiger partial charge in [-0.25, -0.2) is 4.98 Å². The SMILES string of the molecule is Cc1n[nH]c(NC(=O)c2csc(C3CCNCC3)n2)c1-c1ccccc1. The molecule has 1 aromatic carbocycles. The van der Waals surface area contributed by atoms with Gasteiger partial charge >= 0.3 is 0 Å². The third kappa shape index (κ3) is 3.40. The van der Waals surface area contributed by atoms with Gasteiger partial charge in [0.2, 0.25) is 0 Å². The minimum atomic E-state index is -0.206. The fourth-order valence-electron chi connectivity index (χ4n) is 3.31. The van der Waals surface area contributed by atoms with E-state index in [0.717, 1.165) is 47.8 Å². The third-order valence-corrected chi connectivity index (χ3v) is 5.70. The second-order valence-electron chi connectivity index (χ2n) is 6.47. The molecule has 1 aliphatic rings. The molecular formula is C19H21N5OS. The zero-order valence-corrected chi connectivity index (χ0v) is 15.4. The summed E-state index contributed by atoms with van der Waals surface area (Å²) >= 11 is 1.58. The predicted octanol–water partition coefficient (Wildman–Crippen LogP) is 3.56. The van der Waals surface area contributed by atoms with Crippen LogP contribution < -0.4 is 10.6 Å². The molecule has 1 saturated heterocycles. The molecule has 0 spiro atoms. The number of H-pyrrole nitrogens is 1. The standard InChI is InChI=1S/C19H21N5OS/c1-12-16(13-5-3-2-4-6-13)17(24-23-12)22-18(25)15-11-26-19(21-15)14-7-9-20-10-8-14/h2-6,11,14,20H,7-10H2,1H3,(H2,22,23,24,25). The van der Waals surface area contributed by atoms with Gasteiger partial charge in [0.1, 0.15) is 11.5 Å². The van der Waals surface area contributed by atoms with Crippen LogP contribution in [0.3, 0.4) is 0 Å². The molecule has 0 bridgehead atoms. The molecular weight excluding hydrogens is 346 g/mol. The van der Waals surface area contributed by atoms with Crippen molar-refractivity contribution < 1.29 is 4.79 Å². The van der Waals surface area contributed by atoms with Crippen molar-refractivity contribution in [1.29, 1.82) is 0 Å². The molecule has 3 N–H and O–H groups in total. The van der Waals surface area contributed by atoms with E-state index in [2.05, 4.69) is 25.8 Å². The number of aryl methyl sites for hydroxylation is 1. The number of thiazole rings is 1. The van der Waals surface area contributed by atoms with E-state index in [1.54, 1.807) is 11.3 Å². The van der Waals surface area contributed by atoms with Crippen molar-refractivity contribution in [2.24, 2.45) is 0 Å². The molecule has 0 atom stereocenters. The van der Waals surface area contributed by atoms with E-state index in [1.165, 1.54) is 0 Å². The predicted molar refractivity (Wildman–Crippen MR) is 104 cm³/mol. The Balaban J connectivity index is 1.53. The van der Waals surface area contributed by atoms with Crippen LogP contribution in [0, 0.1) is 6.92 Å². The lowest BCUT2D eigenvalue weighted by Gasteiger charge is -2.20. The topological polar surface area (TPSA) is 82.7 Å². The smallest absolute Gasteiger partial charge is 0.276 e. The highest BCUT2D eigenvalue weighted by Crippen LogP contribution is 2.31. The van der Waals surface area contributed by atoms with Crippen molar-refractivity contribution in [2.75, 3.05) is 18.4 Å². The minimum absolute atomic E-state index is 0.206. The number of aromatic nitrogens is 3. The Labute approximate surface area is 156 Å². The van der Waals surface area contributed by atoms with Crippen molar-refractivity contribution in [3.8, 4) is 11.1 Å². The van der Waals surface area contributed by atoms with Gasteiger partial charge in [-0.1, -0.05) is 30.3 Å². The molecule has 1 aliphatic heterocycles. The molecule has 3 aromatic rings. The average Bonchev–Trinajstić information content (AvgIpc) is 3.31. The lowest BCUT2D eigenvalue weighted by Crippen LogP contribution is -2.26. The third-order valence-electron chi connectivity index (χ3n) is 4.69. The van der Waals surface area contributed by atoms with Crippen LogP contribution in [-0.4, -0.2) is 34.2 Å². The molecule has 3 heterocycles. The first-order chi connectivity index (χ1) is 12.7. The highest BCUT2D eigenvalue weighted by Gasteiger charge is 2.21. The van der Waals surface area contributed by atoms with E-state index >= 15 is 0 Å². The maximum absolute atomic E-state index is 12.7. The van der Waals surface area contributed by atoms with Gasteiger partial charge in [0.05, 0.1) is 10.7 Å². The minimum Gasteiger partial charge on any atom is -0.317 e. The largest absolute Gasteiger partial charge is 0.317 e. The van der Waals surface area contributed by atoms with E-state index in [9.17, 15) is 4.79 Å². The number of amides is 1. The number of anilines is 1. The molecule has 7 heteroatoms. The van der Waals surface area contributed by atoms with Gasteiger partial charge in [-0.15, -0.1) is 11.3 Å². The molecule has 0 aliphatic carbocycles. The van der Waals surface area contributed by atoms with Crippen LogP contribution in [0.5, 0.6) is 0 Å². The normalized spacial score (nSPS) is 15.1. The first kappa shape index (κ1) is 16.9. The molecule has 2 aromatic heterocycles. The summed E-state index contributed by atoms with van der Waals surface area (Å²) in [5.74, 6) is 0.856. The maximum atomic E-state index is 12.7. The Hall–Kier alpha value is -2.51. The van der Waals surface area contributed by atoms with E-state index in [1.807, 2.05) is 42.6 Å². The number of hydrogen-bond donors (Lipinski definition) is 3. The molecule has 134 valence electrons. The number of nitrogens with one attached hydrogen (secondary N) is 3. The highest BCUT2D eigenvalue weighted by atomic mass is 32.1. The summed E-state index contributed by atoms with van der Waals surface area (Å²) in [5, 5.41) is 16.4. The molecule has 0 saturated carbocycles. The van der Waals surface area contributed by atoms with E-state index in [4.69, 9.17) is 0 Å². The van der Waals surface area contributed by atoms with Gasteiger partial charge < -0.3 is 10.6 Å². The Morgan fingerprint density at radius 1 is 1.23 bits per heavy atom. The van der Waals surface area contributed by atoms with Crippen LogP contribution in [0.1, 0.15) is 39.9 Å². The summed E-state index contributed by atoms with van der Waals surface area (Å²) in [6, 6.07) is 9.92. The Bertz CT molecular complexity index is 896. The summed E-state index contributed by atoms with van der Waals surface area (Å²) in [5.41, 5.74) is 3.24. The summed E-state index contributed by atoms with van der Waals surface area (Å²) < 4.78 is 0. The Morgan fingerprint density at radius 3 is 2.77 bits per heavy atom. The van der Waals surface area contributed by atoms with Crippen LogP contribution in [0.25, 0.3) is 11.1 Å². The number of rotatable bonds is 4. The maximum Gasteiger partial charge on any atom is 0.276 e. The van der Waals surface area contributed by atoms with Crippen molar-refractivity contribution >= 4 is 23.1 Å². The second-order valence-corrected chi connectivity index (χ2v) is 7.36. The highest BCUT2D eigenvalue weighted by molar-refractivity contribution is 7.10. The van der Waals surface area contributed by atoms with Gasteiger partial charge in [0, 0.05) is 16.9 Å². The number of piperidine rings is 1. The number of hydrogen-bond acceptors (Lipinski definition) is 5. The van der Waals surface area contributed by atoms with Crippen LogP contribution in [0.4, 0.5) is 5.82 Å². The Kier molecular flexibility index (Phi) is 4.81. The van der Waals surface area contributed by atoms with Crippen LogP contribution in [-0.2, 0) is 0 Å². The summed E-state index contributed by atoms with van der Waals surface area (Å²) in [6.45, 7) is 3.95. The summed E-state index contributed by atoms with van der Waals surface area (Å²) in [7, 11) is 0. The molecule has 1 fully saturated rings. The van der Waals surface area contributed by atoms with Crippen molar-refractivity contribution in [2.45, 2.75) is 25.7 Å². The average molecular weight is 367 g/mol. The number of aromatic amines is 1. The molecule has 1 amide bonds. The number of carbonyl (C=O) groups is 1. The monoisotopic (exact) mass is 367 g/mol.